The molecule has 2 atom stereocenters. The lowest BCUT2D eigenvalue weighted by atomic mass is 9.95. The van der Waals surface area contributed by atoms with Gasteiger partial charge in [-0.2, -0.15) is 0 Å². The molecule has 1 rings (SSSR count). The smallest absolute Gasteiger partial charge is 0.0612 e. The number of hydrogen-bond donors (Lipinski definition) is 1. The van der Waals surface area contributed by atoms with Crippen molar-refractivity contribution in [1.29, 1.82) is 0 Å². The Kier molecular flexibility index (Phi) is 7.09. The van der Waals surface area contributed by atoms with Gasteiger partial charge in [0, 0.05) is 25.7 Å². The van der Waals surface area contributed by atoms with E-state index in [0.717, 1.165) is 32.8 Å². The van der Waals surface area contributed by atoms with Gasteiger partial charge in [-0.1, -0.05) is 27.7 Å². The highest BCUT2D eigenvalue weighted by atomic mass is 16.5. The maximum atomic E-state index is 5.79. The van der Waals surface area contributed by atoms with E-state index in [1.165, 1.54) is 12.8 Å². The van der Waals surface area contributed by atoms with Crippen molar-refractivity contribution in [3.8, 4) is 0 Å². The predicted molar refractivity (Wildman–Crippen MR) is 73.4 cm³/mol. The number of nitrogens with zero attached hydrogens (tertiary/aromatic N) is 1. The topological polar surface area (TPSA) is 24.5 Å². The van der Waals surface area contributed by atoms with Gasteiger partial charge in [0.1, 0.15) is 0 Å². The molecule has 1 saturated heterocycles. The summed E-state index contributed by atoms with van der Waals surface area (Å²) >= 11 is 0. The predicted octanol–water partition coefficient (Wildman–Crippen LogP) is 2.12. The van der Waals surface area contributed by atoms with Crippen LogP contribution in [0.15, 0.2) is 0 Å². The molecule has 0 aromatic heterocycles. The van der Waals surface area contributed by atoms with Crippen LogP contribution in [-0.2, 0) is 4.74 Å². The molecule has 0 aliphatic carbocycles. The van der Waals surface area contributed by atoms with Gasteiger partial charge in [0.15, 0.2) is 0 Å². The van der Waals surface area contributed by atoms with E-state index in [4.69, 9.17) is 4.74 Å². The van der Waals surface area contributed by atoms with E-state index in [9.17, 15) is 0 Å². The fourth-order valence-corrected chi connectivity index (χ4v) is 2.44. The van der Waals surface area contributed by atoms with Crippen molar-refractivity contribution in [2.24, 2.45) is 5.92 Å². The van der Waals surface area contributed by atoms with Gasteiger partial charge in [0.2, 0.25) is 0 Å². The third-order valence-corrected chi connectivity index (χ3v) is 3.81. The highest BCUT2D eigenvalue weighted by Gasteiger charge is 2.24. The Morgan fingerprint density at radius 3 is 2.59 bits per heavy atom. The normalized spacial score (nSPS) is 25.8. The second kappa shape index (κ2) is 8.06. The van der Waals surface area contributed by atoms with E-state index in [0.29, 0.717) is 18.1 Å². The summed E-state index contributed by atoms with van der Waals surface area (Å²) in [7, 11) is 0. The molecule has 0 amide bonds. The second-order valence-electron chi connectivity index (χ2n) is 5.36. The number of hydrogen-bond acceptors (Lipinski definition) is 3. The second-order valence-corrected chi connectivity index (χ2v) is 5.36. The van der Waals surface area contributed by atoms with Crippen molar-refractivity contribution in [3.05, 3.63) is 0 Å². The zero-order valence-electron chi connectivity index (χ0n) is 12.0. The lowest BCUT2D eigenvalue weighted by Gasteiger charge is -2.33. The summed E-state index contributed by atoms with van der Waals surface area (Å²) in [6.07, 6.45) is 2.80. The molecule has 3 heteroatoms. The summed E-state index contributed by atoms with van der Waals surface area (Å²) in [6, 6.07) is 0.659. The van der Waals surface area contributed by atoms with Gasteiger partial charge < -0.3 is 15.0 Å². The minimum absolute atomic E-state index is 0.453. The largest absolute Gasteiger partial charge is 0.378 e. The van der Waals surface area contributed by atoms with Crippen molar-refractivity contribution >= 4 is 0 Å². The van der Waals surface area contributed by atoms with Crippen LogP contribution < -0.4 is 5.32 Å². The Morgan fingerprint density at radius 1 is 1.29 bits per heavy atom. The van der Waals surface area contributed by atoms with Crippen LogP contribution in [0.1, 0.15) is 40.5 Å². The Labute approximate surface area is 107 Å². The van der Waals surface area contributed by atoms with E-state index in [1.807, 2.05) is 0 Å². The first-order valence-corrected chi connectivity index (χ1v) is 7.24. The van der Waals surface area contributed by atoms with Crippen LogP contribution in [0.4, 0.5) is 0 Å². The molecule has 1 heterocycles. The van der Waals surface area contributed by atoms with Crippen molar-refractivity contribution in [1.82, 2.24) is 10.2 Å². The molecule has 0 bridgehead atoms. The first-order valence-electron chi connectivity index (χ1n) is 7.24. The van der Waals surface area contributed by atoms with E-state index in [2.05, 4.69) is 37.9 Å². The van der Waals surface area contributed by atoms with Gasteiger partial charge in [0.25, 0.3) is 0 Å². The lowest BCUT2D eigenvalue weighted by Crippen LogP contribution is -2.43. The van der Waals surface area contributed by atoms with Gasteiger partial charge in [-0.25, -0.2) is 0 Å². The molecule has 0 spiro atoms. The summed E-state index contributed by atoms with van der Waals surface area (Å²) in [5, 5.41) is 3.68. The summed E-state index contributed by atoms with van der Waals surface area (Å²) in [5.41, 5.74) is 0. The molecule has 1 N–H and O–H groups in total. The molecule has 0 aromatic carbocycles. The van der Waals surface area contributed by atoms with Crippen LogP contribution in [0.3, 0.4) is 0 Å². The van der Waals surface area contributed by atoms with Crippen LogP contribution >= 0.6 is 0 Å². The lowest BCUT2D eigenvalue weighted by molar-refractivity contribution is -0.0244. The molecule has 1 aliphatic rings. The Balaban J connectivity index is 2.18. The summed E-state index contributed by atoms with van der Waals surface area (Å²) in [4.78, 5) is 2.46. The zero-order valence-corrected chi connectivity index (χ0v) is 12.0. The van der Waals surface area contributed by atoms with Gasteiger partial charge in [-0.05, 0) is 31.8 Å². The molecule has 102 valence electrons. The van der Waals surface area contributed by atoms with Gasteiger partial charge in [-0.15, -0.1) is 0 Å². The standard InChI is InChI=1S/C14H30N2O/c1-5-16(6-2)9-8-15-13-7-10-17-14(11-13)12(3)4/h12-15H,5-11H2,1-4H3. The van der Waals surface area contributed by atoms with Gasteiger partial charge in [0.05, 0.1) is 6.10 Å². The van der Waals surface area contributed by atoms with Crippen molar-refractivity contribution in [3.63, 3.8) is 0 Å². The molecular formula is C14H30N2O. The first-order chi connectivity index (χ1) is 8.17. The molecule has 2 unspecified atom stereocenters. The average Bonchev–Trinajstić information content (AvgIpc) is 2.35. The van der Waals surface area contributed by atoms with Crippen LogP contribution in [0, 0.1) is 5.92 Å². The Morgan fingerprint density at radius 2 is 2.00 bits per heavy atom. The minimum Gasteiger partial charge on any atom is -0.378 e. The Hall–Kier alpha value is -0.120. The molecule has 3 nitrogen and oxygen atoms in total. The molecule has 17 heavy (non-hydrogen) atoms. The van der Waals surface area contributed by atoms with Crippen molar-refractivity contribution in [2.75, 3.05) is 32.8 Å². The minimum atomic E-state index is 0.453. The molecule has 1 fully saturated rings. The average molecular weight is 242 g/mol. The summed E-state index contributed by atoms with van der Waals surface area (Å²) in [6.45, 7) is 14.5. The highest BCUT2D eigenvalue weighted by molar-refractivity contribution is 4.78. The van der Waals surface area contributed by atoms with Gasteiger partial charge in [-0.3, -0.25) is 0 Å². The quantitative estimate of drug-likeness (QED) is 0.740. The Bertz CT molecular complexity index is 193. The van der Waals surface area contributed by atoms with Crippen molar-refractivity contribution < 1.29 is 4.74 Å². The van der Waals surface area contributed by atoms with Gasteiger partial charge >= 0.3 is 0 Å². The molecule has 0 aromatic rings. The summed E-state index contributed by atoms with van der Waals surface area (Å²) < 4.78 is 5.79. The third kappa shape index (κ3) is 5.36. The van der Waals surface area contributed by atoms with E-state index >= 15 is 0 Å². The van der Waals surface area contributed by atoms with E-state index < -0.39 is 0 Å². The SMILES string of the molecule is CCN(CC)CCNC1CCOC(C(C)C)C1. The van der Waals surface area contributed by atoms with E-state index in [1.54, 1.807) is 0 Å². The monoisotopic (exact) mass is 242 g/mol. The highest BCUT2D eigenvalue weighted by Crippen LogP contribution is 2.19. The maximum absolute atomic E-state index is 5.79. The molecule has 0 radical (unpaired) electrons. The molecular weight excluding hydrogens is 212 g/mol. The fraction of sp³-hybridized carbons (Fsp3) is 1.00. The van der Waals surface area contributed by atoms with Crippen LogP contribution in [0.2, 0.25) is 0 Å². The van der Waals surface area contributed by atoms with Crippen LogP contribution in [-0.4, -0.2) is 49.8 Å². The number of nitrogens with one attached hydrogen (secondary N) is 1. The third-order valence-electron chi connectivity index (χ3n) is 3.81. The van der Waals surface area contributed by atoms with E-state index in [-0.39, 0.29) is 0 Å². The zero-order chi connectivity index (χ0) is 12.7. The maximum Gasteiger partial charge on any atom is 0.0612 e. The first kappa shape index (κ1) is 14.9. The van der Waals surface area contributed by atoms with Crippen LogP contribution in [0.25, 0.3) is 0 Å². The van der Waals surface area contributed by atoms with Crippen molar-refractivity contribution in [2.45, 2.75) is 52.7 Å². The number of rotatable bonds is 7. The molecule has 1 aliphatic heterocycles. The number of ether oxygens (including phenoxy) is 1. The molecule has 0 saturated carbocycles. The summed E-state index contributed by atoms with van der Waals surface area (Å²) in [5.74, 6) is 0.641. The number of likely N-dealkylation sites (N-methyl/N-ethyl adjacent to an activating group) is 1. The van der Waals surface area contributed by atoms with Crippen LogP contribution in [0.5, 0.6) is 0 Å². The fourth-order valence-electron chi connectivity index (χ4n) is 2.44.